The van der Waals surface area contributed by atoms with Gasteiger partial charge in [-0.1, -0.05) is 44.4 Å². The Balaban J connectivity index is 1.57. The van der Waals surface area contributed by atoms with E-state index in [9.17, 15) is 9.59 Å². The zero-order valence-electron chi connectivity index (χ0n) is 19.5. The van der Waals surface area contributed by atoms with E-state index in [0.717, 1.165) is 61.6 Å². The molecule has 0 radical (unpaired) electrons. The van der Waals surface area contributed by atoms with E-state index in [4.69, 9.17) is 4.74 Å². The van der Waals surface area contributed by atoms with Crippen LogP contribution in [0.4, 0.5) is 0 Å². The van der Waals surface area contributed by atoms with Crippen LogP contribution < -0.4 is 5.32 Å². The summed E-state index contributed by atoms with van der Waals surface area (Å²) in [6.07, 6.45) is 10.3. The molecule has 1 aromatic carbocycles. The zero-order chi connectivity index (χ0) is 22.6. The van der Waals surface area contributed by atoms with Crippen molar-refractivity contribution in [1.82, 2.24) is 15.2 Å². The molecule has 2 fully saturated rings. The molecule has 0 bridgehead atoms. The molecule has 2 amide bonds. The molecule has 1 aromatic heterocycles. The Hall–Kier alpha value is -2.34. The van der Waals surface area contributed by atoms with Crippen LogP contribution in [0.5, 0.6) is 0 Å². The molecule has 174 valence electrons. The fourth-order valence-electron chi connectivity index (χ4n) is 5.17. The van der Waals surface area contributed by atoms with Crippen LogP contribution in [-0.2, 0) is 20.7 Å². The molecule has 6 heteroatoms. The highest BCUT2D eigenvalue weighted by atomic mass is 16.5. The smallest absolute Gasteiger partial charge is 0.245 e. The number of H-pyrrole nitrogens is 1. The van der Waals surface area contributed by atoms with E-state index in [2.05, 4.69) is 10.3 Å². The van der Waals surface area contributed by atoms with Crippen LogP contribution in [-0.4, -0.2) is 52.5 Å². The minimum absolute atomic E-state index is 0.00438. The number of carbonyl (C=O) groups is 2. The lowest BCUT2D eigenvalue weighted by Gasteiger charge is -2.42. The lowest BCUT2D eigenvalue weighted by molar-refractivity contribution is -0.149. The molecule has 2 heterocycles. The molecule has 6 nitrogen and oxygen atoms in total. The summed E-state index contributed by atoms with van der Waals surface area (Å²) in [6, 6.07) is 8.24. The topological polar surface area (TPSA) is 74.4 Å². The van der Waals surface area contributed by atoms with Gasteiger partial charge in [0.25, 0.3) is 0 Å². The van der Waals surface area contributed by atoms with E-state index in [1.807, 2.05) is 49.2 Å². The van der Waals surface area contributed by atoms with Gasteiger partial charge in [0.1, 0.15) is 5.54 Å². The average Bonchev–Trinajstić information content (AvgIpc) is 3.48. The van der Waals surface area contributed by atoms with Gasteiger partial charge in [-0.2, -0.15) is 0 Å². The number of para-hydroxylation sites is 1. The Morgan fingerprint density at radius 3 is 2.66 bits per heavy atom. The highest BCUT2D eigenvalue weighted by Crippen LogP contribution is 2.27. The summed E-state index contributed by atoms with van der Waals surface area (Å²) in [5.74, 6) is -0.0504. The van der Waals surface area contributed by atoms with E-state index >= 15 is 0 Å². The lowest BCUT2D eigenvalue weighted by Crippen LogP contribution is -2.61. The molecule has 2 N–H and O–H groups in total. The SMILES string of the molecule is CC[C@@](C)(C(=O)NC1CCCCC1)N(C[C@H]1CCCO1)C(=O)Cc1c[nH]c2ccccc12. The maximum Gasteiger partial charge on any atom is 0.245 e. The maximum atomic E-state index is 13.7. The fraction of sp³-hybridized carbons (Fsp3) is 0.615. The molecule has 0 unspecified atom stereocenters. The first-order valence-corrected chi connectivity index (χ1v) is 12.3. The van der Waals surface area contributed by atoms with Gasteiger partial charge in [0.05, 0.1) is 12.5 Å². The van der Waals surface area contributed by atoms with Gasteiger partial charge in [0, 0.05) is 36.3 Å². The molecule has 1 aliphatic heterocycles. The number of fused-ring (bicyclic) bond motifs is 1. The van der Waals surface area contributed by atoms with Crippen LogP contribution in [0, 0.1) is 0 Å². The second-order valence-electron chi connectivity index (χ2n) is 9.61. The van der Waals surface area contributed by atoms with Crippen molar-refractivity contribution in [3.8, 4) is 0 Å². The Bertz CT molecular complexity index is 927. The standard InChI is InChI=1S/C26H37N3O3/c1-3-26(2,25(31)28-20-10-5-4-6-11-20)29(18-21-12-9-15-32-21)24(30)16-19-17-27-23-14-8-7-13-22(19)23/h7-8,13-14,17,20-21,27H,3-6,9-12,15-16,18H2,1-2H3,(H,28,31)/t21-,26+/m1/s1. The third kappa shape index (κ3) is 4.85. The maximum absolute atomic E-state index is 13.7. The first-order valence-electron chi connectivity index (χ1n) is 12.3. The van der Waals surface area contributed by atoms with Crippen molar-refractivity contribution in [2.75, 3.05) is 13.2 Å². The number of hydrogen-bond donors (Lipinski definition) is 2. The van der Waals surface area contributed by atoms with Gasteiger partial charge < -0.3 is 19.9 Å². The normalized spacial score (nSPS) is 21.4. The third-order valence-corrected chi connectivity index (χ3v) is 7.44. The van der Waals surface area contributed by atoms with Crippen molar-refractivity contribution in [3.63, 3.8) is 0 Å². The molecular weight excluding hydrogens is 402 g/mol. The molecule has 1 saturated heterocycles. The summed E-state index contributed by atoms with van der Waals surface area (Å²) in [7, 11) is 0. The summed E-state index contributed by atoms with van der Waals surface area (Å²) < 4.78 is 5.88. The van der Waals surface area contributed by atoms with E-state index in [-0.39, 0.29) is 30.4 Å². The van der Waals surface area contributed by atoms with Crippen LogP contribution in [0.15, 0.2) is 30.5 Å². The number of aromatic nitrogens is 1. The van der Waals surface area contributed by atoms with Crippen LogP contribution >= 0.6 is 0 Å². The van der Waals surface area contributed by atoms with Crippen LogP contribution in [0.2, 0.25) is 0 Å². The Labute approximate surface area is 191 Å². The summed E-state index contributed by atoms with van der Waals surface area (Å²) in [4.78, 5) is 32.3. The summed E-state index contributed by atoms with van der Waals surface area (Å²) >= 11 is 0. The van der Waals surface area contributed by atoms with Crippen molar-refractivity contribution in [2.24, 2.45) is 0 Å². The third-order valence-electron chi connectivity index (χ3n) is 7.44. The summed E-state index contributed by atoms with van der Waals surface area (Å²) in [5, 5.41) is 4.34. The number of ether oxygens (including phenoxy) is 1. The molecule has 1 saturated carbocycles. The predicted molar refractivity (Wildman–Crippen MR) is 126 cm³/mol. The molecule has 32 heavy (non-hydrogen) atoms. The highest BCUT2D eigenvalue weighted by molar-refractivity contribution is 5.94. The molecule has 2 aromatic rings. The van der Waals surface area contributed by atoms with Crippen molar-refractivity contribution in [2.45, 2.75) is 89.3 Å². The molecule has 0 spiro atoms. The number of hydrogen-bond acceptors (Lipinski definition) is 3. The number of nitrogens with zero attached hydrogens (tertiary/aromatic N) is 1. The van der Waals surface area contributed by atoms with E-state index in [1.165, 1.54) is 6.42 Å². The molecule has 4 rings (SSSR count). The minimum atomic E-state index is -0.896. The van der Waals surface area contributed by atoms with Gasteiger partial charge in [0.15, 0.2) is 0 Å². The van der Waals surface area contributed by atoms with Gasteiger partial charge in [-0.25, -0.2) is 0 Å². The predicted octanol–water partition coefficient (Wildman–Crippen LogP) is 4.34. The number of carbonyl (C=O) groups excluding carboxylic acids is 2. The quantitative estimate of drug-likeness (QED) is 0.643. The molecular formula is C26H37N3O3. The van der Waals surface area contributed by atoms with Gasteiger partial charge in [-0.05, 0) is 50.7 Å². The van der Waals surface area contributed by atoms with Crippen molar-refractivity contribution in [1.29, 1.82) is 0 Å². The van der Waals surface area contributed by atoms with Crippen LogP contribution in [0.25, 0.3) is 10.9 Å². The molecule has 1 aliphatic carbocycles. The molecule has 2 atom stereocenters. The van der Waals surface area contributed by atoms with Gasteiger partial charge in [0.2, 0.25) is 11.8 Å². The summed E-state index contributed by atoms with van der Waals surface area (Å²) in [6.45, 7) is 5.12. The molecule has 2 aliphatic rings. The lowest BCUT2D eigenvalue weighted by atomic mass is 9.90. The number of amides is 2. The zero-order valence-corrected chi connectivity index (χ0v) is 19.5. The Kier molecular flexibility index (Phi) is 7.19. The van der Waals surface area contributed by atoms with E-state index < -0.39 is 5.54 Å². The number of nitrogens with one attached hydrogen (secondary N) is 2. The monoisotopic (exact) mass is 439 g/mol. The van der Waals surface area contributed by atoms with Crippen LogP contribution in [0.1, 0.15) is 70.8 Å². The first-order chi connectivity index (χ1) is 15.5. The highest BCUT2D eigenvalue weighted by Gasteiger charge is 2.42. The Morgan fingerprint density at radius 1 is 1.16 bits per heavy atom. The van der Waals surface area contributed by atoms with E-state index in [1.54, 1.807) is 0 Å². The average molecular weight is 440 g/mol. The summed E-state index contributed by atoms with van der Waals surface area (Å²) in [5.41, 5.74) is 1.09. The second-order valence-corrected chi connectivity index (χ2v) is 9.61. The van der Waals surface area contributed by atoms with Crippen LogP contribution in [0.3, 0.4) is 0 Å². The van der Waals surface area contributed by atoms with E-state index in [0.29, 0.717) is 13.0 Å². The Morgan fingerprint density at radius 2 is 1.94 bits per heavy atom. The minimum Gasteiger partial charge on any atom is -0.376 e. The van der Waals surface area contributed by atoms with Gasteiger partial charge in [-0.15, -0.1) is 0 Å². The van der Waals surface area contributed by atoms with Crippen molar-refractivity contribution >= 4 is 22.7 Å². The van der Waals surface area contributed by atoms with Crippen molar-refractivity contribution in [3.05, 3.63) is 36.0 Å². The second kappa shape index (κ2) is 10.1. The largest absolute Gasteiger partial charge is 0.376 e. The first kappa shape index (κ1) is 22.8. The van der Waals surface area contributed by atoms with Gasteiger partial charge in [-0.3, -0.25) is 9.59 Å². The van der Waals surface area contributed by atoms with Gasteiger partial charge >= 0.3 is 0 Å². The fourth-order valence-corrected chi connectivity index (χ4v) is 5.17. The number of benzene rings is 1. The number of aromatic amines is 1. The van der Waals surface area contributed by atoms with Crippen molar-refractivity contribution < 1.29 is 14.3 Å². The number of rotatable bonds is 8.